The van der Waals surface area contributed by atoms with Crippen LogP contribution in [-0.2, 0) is 5.41 Å². The molecule has 0 saturated heterocycles. The topological polar surface area (TPSA) is 35.2 Å². The summed E-state index contributed by atoms with van der Waals surface area (Å²) in [5.41, 5.74) is 9.62. The maximum atomic E-state index is 6.42. The number of fused-ring (bicyclic) bond motifs is 1. The van der Waals surface area contributed by atoms with Gasteiger partial charge in [-0.1, -0.05) is 43.6 Å². The van der Waals surface area contributed by atoms with Crippen molar-refractivity contribution in [1.82, 2.24) is 0 Å². The van der Waals surface area contributed by atoms with Gasteiger partial charge < -0.3 is 10.5 Å². The summed E-state index contributed by atoms with van der Waals surface area (Å²) in [6.45, 7) is 5.07. The highest BCUT2D eigenvalue weighted by Crippen LogP contribution is 2.40. The zero-order chi connectivity index (χ0) is 15.2. The lowest BCUT2D eigenvalue weighted by Crippen LogP contribution is -2.19. The predicted molar refractivity (Wildman–Crippen MR) is 90.1 cm³/mol. The smallest absolute Gasteiger partial charge is 0.123 e. The van der Waals surface area contributed by atoms with Crippen molar-refractivity contribution in [2.45, 2.75) is 25.3 Å². The van der Waals surface area contributed by atoms with Crippen LogP contribution in [0.15, 0.2) is 40.9 Å². The quantitative estimate of drug-likeness (QED) is 0.827. The third-order valence-electron chi connectivity index (χ3n) is 4.00. The van der Waals surface area contributed by atoms with Crippen LogP contribution >= 0.6 is 27.5 Å². The Balaban J connectivity index is 2.03. The lowest BCUT2D eigenvalue weighted by Gasteiger charge is -2.19. The van der Waals surface area contributed by atoms with Crippen molar-refractivity contribution >= 4 is 27.5 Å². The summed E-state index contributed by atoms with van der Waals surface area (Å²) in [4.78, 5) is 0. The lowest BCUT2D eigenvalue weighted by atomic mass is 9.85. The standard InChI is InChI=1S/C17H17BrClNO/c1-17(2)9-21-14-7-6-10(8-12(14)17)16(20)11-4-3-5-13(18)15(11)19/h3-8,16H,9,20H2,1-2H3. The number of benzene rings is 2. The summed E-state index contributed by atoms with van der Waals surface area (Å²) in [6, 6.07) is 11.7. The van der Waals surface area contributed by atoms with Crippen LogP contribution in [0.4, 0.5) is 0 Å². The molecule has 2 aromatic carbocycles. The molecule has 1 aliphatic rings. The molecule has 2 nitrogen and oxygen atoms in total. The van der Waals surface area contributed by atoms with Gasteiger partial charge in [-0.2, -0.15) is 0 Å². The SMILES string of the molecule is CC1(C)COc2ccc(C(N)c3cccc(Br)c3Cl)cc21. The van der Waals surface area contributed by atoms with Crippen LogP contribution in [-0.4, -0.2) is 6.61 Å². The zero-order valence-corrected chi connectivity index (χ0v) is 14.3. The van der Waals surface area contributed by atoms with Gasteiger partial charge in [0.15, 0.2) is 0 Å². The number of ether oxygens (including phenoxy) is 1. The molecule has 2 aromatic rings. The molecule has 1 heterocycles. The first-order chi connectivity index (χ1) is 9.90. The fourth-order valence-corrected chi connectivity index (χ4v) is 3.30. The Morgan fingerprint density at radius 1 is 1.29 bits per heavy atom. The predicted octanol–water partition coefficient (Wildman–Crippen LogP) is 4.82. The van der Waals surface area contributed by atoms with Gasteiger partial charge in [-0.3, -0.25) is 0 Å². The number of hydrogen-bond acceptors (Lipinski definition) is 2. The summed E-state index contributed by atoms with van der Waals surface area (Å²) in [6.07, 6.45) is 0. The lowest BCUT2D eigenvalue weighted by molar-refractivity contribution is 0.291. The average molecular weight is 367 g/mol. The van der Waals surface area contributed by atoms with E-state index in [4.69, 9.17) is 22.1 Å². The summed E-state index contributed by atoms with van der Waals surface area (Å²) in [7, 11) is 0. The molecule has 0 spiro atoms. The van der Waals surface area contributed by atoms with Gasteiger partial charge in [0.25, 0.3) is 0 Å². The first-order valence-electron chi connectivity index (χ1n) is 6.87. The Morgan fingerprint density at radius 2 is 2.05 bits per heavy atom. The number of rotatable bonds is 2. The highest BCUT2D eigenvalue weighted by atomic mass is 79.9. The molecule has 0 amide bonds. The highest BCUT2D eigenvalue weighted by Gasteiger charge is 2.32. The molecule has 0 radical (unpaired) electrons. The van der Waals surface area contributed by atoms with E-state index in [1.54, 1.807) is 0 Å². The van der Waals surface area contributed by atoms with Crippen LogP contribution in [0.5, 0.6) is 5.75 Å². The Hall–Kier alpha value is -1.03. The molecule has 0 fully saturated rings. The molecule has 1 aliphatic heterocycles. The minimum absolute atomic E-state index is 0.0200. The van der Waals surface area contributed by atoms with Crippen molar-refractivity contribution in [2.24, 2.45) is 5.73 Å². The van der Waals surface area contributed by atoms with Crippen molar-refractivity contribution in [3.05, 3.63) is 62.6 Å². The van der Waals surface area contributed by atoms with Gasteiger partial charge in [0.1, 0.15) is 5.75 Å². The van der Waals surface area contributed by atoms with Crippen LogP contribution < -0.4 is 10.5 Å². The van der Waals surface area contributed by atoms with E-state index >= 15 is 0 Å². The van der Waals surface area contributed by atoms with E-state index in [1.807, 2.05) is 30.3 Å². The molecule has 21 heavy (non-hydrogen) atoms. The first kappa shape index (κ1) is 14.9. The Bertz CT molecular complexity index is 699. The summed E-state index contributed by atoms with van der Waals surface area (Å²) >= 11 is 9.81. The second-order valence-corrected chi connectivity index (χ2v) is 7.28. The minimum atomic E-state index is -0.253. The van der Waals surface area contributed by atoms with Gasteiger partial charge >= 0.3 is 0 Å². The Kier molecular flexibility index (Phi) is 3.76. The zero-order valence-electron chi connectivity index (χ0n) is 12.0. The highest BCUT2D eigenvalue weighted by molar-refractivity contribution is 9.10. The largest absolute Gasteiger partial charge is 0.492 e. The molecule has 1 unspecified atom stereocenters. The van der Waals surface area contributed by atoms with Crippen LogP contribution in [0.1, 0.15) is 36.6 Å². The second kappa shape index (κ2) is 5.31. The summed E-state index contributed by atoms with van der Waals surface area (Å²) in [5, 5.41) is 0.668. The van der Waals surface area contributed by atoms with Gasteiger partial charge in [0.05, 0.1) is 17.7 Å². The van der Waals surface area contributed by atoms with Gasteiger partial charge in [-0.25, -0.2) is 0 Å². The van der Waals surface area contributed by atoms with Crippen LogP contribution in [0.3, 0.4) is 0 Å². The number of hydrogen-bond donors (Lipinski definition) is 1. The Labute approximate surface area is 138 Å². The maximum Gasteiger partial charge on any atom is 0.123 e. The fraction of sp³-hybridized carbons (Fsp3) is 0.294. The van der Waals surface area contributed by atoms with Crippen LogP contribution in [0.2, 0.25) is 5.02 Å². The van der Waals surface area contributed by atoms with E-state index in [0.29, 0.717) is 11.6 Å². The van der Waals surface area contributed by atoms with Crippen molar-refractivity contribution in [1.29, 1.82) is 0 Å². The molecule has 1 atom stereocenters. The molecule has 4 heteroatoms. The van der Waals surface area contributed by atoms with Crippen LogP contribution in [0, 0.1) is 0 Å². The molecule has 0 bridgehead atoms. The second-order valence-electron chi connectivity index (χ2n) is 6.05. The molecular weight excluding hydrogens is 350 g/mol. The van der Waals surface area contributed by atoms with E-state index in [9.17, 15) is 0 Å². The summed E-state index contributed by atoms with van der Waals surface area (Å²) < 4.78 is 6.59. The molecule has 0 aliphatic carbocycles. The van der Waals surface area contributed by atoms with Crippen molar-refractivity contribution in [3.8, 4) is 5.75 Å². The molecule has 3 rings (SSSR count). The third kappa shape index (κ3) is 2.59. The fourth-order valence-electron chi connectivity index (χ4n) is 2.67. The molecule has 110 valence electrons. The molecule has 2 N–H and O–H groups in total. The van der Waals surface area contributed by atoms with Crippen molar-refractivity contribution < 1.29 is 4.74 Å². The van der Waals surface area contributed by atoms with E-state index in [0.717, 1.165) is 21.3 Å². The first-order valence-corrected chi connectivity index (χ1v) is 8.04. The molecular formula is C17H17BrClNO. The van der Waals surface area contributed by atoms with Crippen LogP contribution in [0.25, 0.3) is 0 Å². The molecule has 0 aromatic heterocycles. The number of nitrogens with two attached hydrogens (primary N) is 1. The molecule has 0 saturated carbocycles. The van der Waals surface area contributed by atoms with Gasteiger partial charge in [0, 0.05) is 15.5 Å². The third-order valence-corrected chi connectivity index (χ3v) is 5.31. The summed E-state index contributed by atoms with van der Waals surface area (Å²) in [5.74, 6) is 0.955. The van der Waals surface area contributed by atoms with E-state index in [2.05, 4.69) is 35.8 Å². The van der Waals surface area contributed by atoms with Gasteiger partial charge in [0.2, 0.25) is 0 Å². The van der Waals surface area contributed by atoms with E-state index in [-0.39, 0.29) is 11.5 Å². The maximum absolute atomic E-state index is 6.42. The van der Waals surface area contributed by atoms with E-state index < -0.39 is 0 Å². The van der Waals surface area contributed by atoms with E-state index in [1.165, 1.54) is 5.56 Å². The normalized spacial score (nSPS) is 17.2. The Morgan fingerprint density at radius 3 is 2.81 bits per heavy atom. The average Bonchev–Trinajstić information content (AvgIpc) is 2.76. The van der Waals surface area contributed by atoms with Crippen molar-refractivity contribution in [2.75, 3.05) is 6.61 Å². The van der Waals surface area contributed by atoms with Crippen molar-refractivity contribution in [3.63, 3.8) is 0 Å². The van der Waals surface area contributed by atoms with Gasteiger partial charge in [-0.05, 0) is 45.3 Å². The minimum Gasteiger partial charge on any atom is -0.492 e. The van der Waals surface area contributed by atoms with Gasteiger partial charge in [-0.15, -0.1) is 0 Å². The monoisotopic (exact) mass is 365 g/mol. The number of halogens is 2.